The second kappa shape index (κ2) is 5.01. The second-order valence-corrected chi connectivity index (χ2v) is 4.21. The van der Waals surface area contributed by atoms with Crippen molar-refractivity contribution >= 4 is 5.91 Å². The van der Waals surface area contributed by atoms with Crippen LogP contribution in [-0.4, -0.2) is 18.1 Å². The molecule has 0 unspecified atom stereocenters. The molecule has 1 amide bonds. The Morgan fingerprint density at radius 3 is 2.75 bits per heavy atom. The highest BCUT2D eigenvalue weighted by Gasteiger charge is 2.29. The van der Waals surface area contributed by atoms with Crippen LogP contribution in [0.15, 0.2) is 30.3 Å². The zero-order chi connectivity index (χ0) is 11.4. The van der Waals surface area contributed by atoms with E-state index < -0.39 is 0 Å². The normalized spacial score (nSPS) is 24.1. The minimum Gasteiger partial charge on any atom is -0.488 e. The molecule has 0 heterocycles. The number of carbonyl (C=O) groups is 1. The van der Waals surface area contributed by atoms with E-state index in [4.69, 9.17) is 4.74 Å². The van der Waals surface area contributed by atoms with Gasteiger partial charge in [-0.1, -0.05) is 18.2 Å². The first-order chi connectivity index (χ1) is 7.75. The summed E-state index contributed by atoms with van der Waals surface area (Å²) in [7, 11) is 0. The number of hydrogen-bond acceptors (Lipinski definition) is 2. The summed E-state index contributed by atoms with van der Waals surface area (Å²) in [5.41, 5.74) is 0. The van der Waals surface area contributed by atoms with Crippen LogP contribution in [0.1, 0.15) is 26.2 Å². The first-order valence-corrected chi connectivity index (χ1v) is 5.74. The Hall–Kier alpha value is -1.51. The molecule has 0 aromatic heterocycles. The number of nitrogens with one attached hydrogen (secondary N) is 1. The minimum atomic E-state index is 0.0218. The molecule has 1 fully saturated rings. The highest BCUT2D eigenvalue weighted by Crippen LogP contribution is 2.24. The molecule has 0 aliphatic heterocycles. The minimum absolute atomic E-state index is 0.0218. The van der Waals surface area contributed by atoms with Gasteiger partial charge < -0.3 is 10.1 Å². The third kappa shape index (κ3) is 2.75. The van der Waals surface area contributed by atoms with Crippen molar-refractivity contribution in [3.63, 3.8) is 0 Å². The number of hydrogen-bond donors (Lipinski definition) is 1. The van der Waals surface area contributed by atoms with Gasteiger partial charge in [0.1, 0.15) is 11.9 Å². The average molecular weight is 219 g/mol. The number of para-hydroxylation sites is 1. The Morgan fingerprint density at radius 2 is 2.06 bits per heavy atom. The molecule has 0 spiro atoms. The molecule has 0 radical (unpaired) electrons. The van der Waals surface area contributed by atoms with Crippen molar-refractivity contribution in [1.29, 1.82) is 0 Å². The predicted octanol–water partition coefficient (Wildman–Crippen LogP) is 2.12. The maximum atomic E-state index is 11.0. The summed E-state index contributed by atoms with van der Waals surface area (Å²) in [6.45, 7) is 1.55. The van der Waals surface area contributed by atoms with Crippen molar-refractivity contribution in [2.45, 2.75) is 38.3 Å². The zero-order valence-corrected chi connectivity index (χ0v) is 9.48. The Morgan fingerprint density at radius 1 is 1.31 bits per heavy atom. The van der Waals surface area contributed by atoms with E-state index in [1.807, 2.05) is 30.3 Å². The van der Waals surface area contributed by atoms with Crippen molar-refractivity contribution in [2.24, 2.45) is 0 Å². The quantitative estimate of drug-likeness (QED) is 0.845. The van der Waals surface area contributed by atoms with E-state index in [0.717, 1.165) is 25.0 Å². The predicted molar refractivity (Wildman–Crippen MR) is 62.3 cm³/mol. The Bertz CT molecular complexity index is 350. The van der Waals surface area contributed by atoms with Gasteiger partial charge in [-0.05, 0) is 31.4 Å². The first-order valence-electron chi connectivity index (χ1n) is 5.74. The summed E-state index contributed by atoms with van der Waals surface area (Å²) in [6, 6.07) is 9.94. The van der Waals surface area contributed by atoms with Crippen LogP contribution < -0.4 is 10.1 Å². The van der Waals surface area contributed by atoms with Crippen LogP contribution >= 0.6 is 0 Å². The molecular formula is C13H17NO2. The van der Waals surface area contributed by atoms with Crippen molar-refractivity contribution < 1.29 is 9.53 Å². The van der Waals surface area contributed by atoms with Gasteiger partial charge >= 0.3 is 0 Å². The van der Waals surface area contributed by atoms with Crippen LogP contribution in [-0.2, 0) is 4.79 Å². The van der Waals surface area contributed by atoms with E-state index in [9.17, 15) is 4.79 Å². The van der Waals surface area contributed by atoms with E-state index in [1.165, 1.54) is 0 Å². The summed E-state index contributed by atoms with van der Waals surface area (Å²) in [6.07, 6.45) is 3.26. The number of ether oxygens (including phenoxy) is 1. The van der Waals surface area contributed by atoms with Crippen LogP contribution in [0.3, 0.4) is 0 Å². The zero-order valence-electron chi connectivity index (χ0n) is 9.48. The van der Waals surface area contributed by atoms with Gasteiger partial charge in [-0.15, -0.1) is 0 Å². The molecule has 3 heteroatoms. The van der Waals surface area contributed by atoms with Gasteiger partial charge in [0.15, 0.2) is 0 Å². The molecule has 0 bridgehead atoms. The van der Waals surface area contributed by atoms with Crippen LogP contribution in [0.25, 0.3) is 0 Å². The fourth-order valence-electron chi connectivity index (χ4n) is 2.17. The third-order valence-electron chi connectivity index (χ3n) is 2.87. The molecule has 2 atom stereocenters. The smallest absolute Gasteiger partial charge is 0.217 e. The number of amides is 1. The van der Waals surface area contributed by atoms with Crippen molar-refractivity contribution in [1.82, 2.24) is 5.32 Å². The Kier molecular flexibility index (Phi) is 3.44. The number of benzene rings is 1. The lowest BCUT2D eigenvalue weighted by molar-refractivity contribution is -0.120. The average Bonchev–Trinajstić information content (AvgIpc) is 2.66. The maximum absolute atomic E-state index is 11.0. The van der Waals surface area contributed by atoms with Crippen LogP contribution in [0.5, 0.6) is 5.75 Å². The Balaban J connectivity index is 1.96. The molecule has 1 aromatic rings. The lowest BCUT2D eigenvalue weighted by Gasteiger charge is -2.21. The summed E-state index contributed by atoms with van der Waals surface area (Å²) >= 11 is 0. The van der Waals surface area contributed by atoms with Gasteiger partial charge in [0.05, 0.1) is 6.04 Å². The van der Waals surface area contributed by atoms with Gasteiger partial charge in [-0.2, -0.15) is 0 Å². The van der Waals surface area contributed by atoms with Crippen LogP contribution in [0.4, 0.5) is 0 Å². The lowest BCUT2D eigenvalue weighted by atomic mass is 10.2. The second-order valence-electron chi connectivity index (χ2n) is 4.21. The van der Waals surface area contributed by atoms with E-state index in [0.29, 0.717) is 0 Å². The number of rotatable bonds is 3. The van der Waals surface area contributed by atoms with E-state index in [-0.39, 0.29) is 18.1 Å². The molecule has 1 aliphatic carbocycles. The molecule has 1 N–H and O–H groups in total. The molecule has 3 nitrogen and oxygen atoms in total. The van der Waals surface area contributed by atoms with Crippen LogP contribution in [0.2, 0.25) is 0 Å². The fraction of sp³-hybridized carbons (Fsp3) is 0.462. The van der Waals surface area contributed by atoms with E-state index in [1.54, 1.807) is 6.92 Å². The van der Waals surface area contributed by atoms with Gasteiger partial charge in [0, 0.05) is 6.92 Å². The molecule has 1 aromatic carbocycles. The molecule has 2 rings (SSSR count). The first kappa shape index (κ1) is 11.0. The van der Waals surface area contributed by atoms with Gasteiger partial charge in [0.25, 0.3) is 0 Å². The molecular weight excluding hydrogens is 202 g/mol. The molecule has 1 aliphatic rings. The maximum Gasteiger partial charge on any atom is 0.217 e. The van der Waals surface area contributed by atoms with Crippen molar-refractivity contribution in [3.8, 4) is 5.75 Å². The van der Waals surface area contributed by atoms with E-state index >= 15 is 0 Å². The fourth-order valence-corrected chi connectivity index (χ4v) is 2.17. The number of carbonyl (C=O) groups excluding carboxylic acids is 1. The molecule has 16 heavy (non-hydrogen) atoms. The molecule has 86 valence electrons. The van der Waals surface area contributed by atoms with Gasteiger partial charge in [-0.25, -0.2) is 0 Å². The van der Waals surface area contributed by atoms with Crippen molar-refractivity contribution in [3.05, 3.63) is 30.3 Å². The SMILES string of the molecule is CC(=O)N[C@H]1CCC[C@H]1Oc1ccccc1. The lowest BCUT2D eigenvalue weighted by Crippen LogP contribution is -2.41. The van der Waals surface area contributed by atoms with E-state index in [2.05, 4.69) is 5.32 Å². The summed E-state index contributed by atoms with van der Waals surface area (Å²) in [5.74, 6) is 0.901. The monoisotopic (exact) mass is 219 g/mol. The molecule has 0 saturated heterocycles. The Labute approximate surface area is 95.8 Å². The highest BCUT2D eigenvalue weighted by molar-refractivity contribution is 5.73. The summed E-state index contributed by atoms with van der Waals surface area (Å²) in [4.78, 5) is 11.0. The molecule has 1 saturated carbocycles. The highest BCUT2D eigenvalue weighted by atomic mass is 16.5. The topological polar surface area (TPSA) is 38.3 Å². The van der Waals surface area contributed by atoms with Gasteiger partial charge in [0.2, 0.25) is 5.91 Å². The summed E-state index contributed by atoms with van der Waals surface area (Å²) in [5, 5.41) is 2.95. The summed E-state index contributed by atoms with van der Waals surface area (Å²) < 4.78 is 5.87. The third-order valence-corrected chi connectivity index (χ3v) is 2.87. The largest absolute Gasteiger partial charge is 0.488 e. The van der Waals surface area contributed by atoms with Gasteiger partial charge in [-0.3, -0.25) is 4.79 Å². The van der Waals surface area contributed by atoms with Crippen molar-refractivity contribution in [2.75, 3.05) is 0 Å². The standard InChI is InChI=1S/C13H17NO2/c1-10(15)14-12-8-5-9-13(12)16-11-6-3-2-4-7-11/h2-4,6-7,12-13H,5,8-9H2,1H3,(H,14,15)/t12-,13+/m0/s1. The van der Waals surface area contributed by atoms with Crippen LogP contribution in [0, 0.1) is 0 Å².